The average molecular weight is 385 g/mol. The van der Waals surface area contributed by atoms with Crippen LogP contribution in [0.1, 0.15) is 20.8 Å². The third-order valence-corrected chi connectivity index (χ3v) is 0. The van der Waals surface area contributed by atoms with E-state index in [0.717, 1.165) is 20.8 Å². The maximum Gasteiger partial charge on any atom is 0.300 e. The molecule has 0 spiro atoms. The monoisotopic (exact) mass is 385 g/mol. The molecule has 0 saturated carbocycles. The van der Waals surface area contributed by atoms with E-state index in [1.54, 1.807) is 0 Å². The summed E-state index contributed by atoms with van der Waals surface area (Å²) in [6.07, 6.45) is 0. The Balaban J connectivity index is -0.0000000450. The van der Waals surface area contributed by atoms with Crippen molar-refractivity contribution in [1.29, 1.82) is 0 Å². The van der Waals surface area contributed by atoms with E-state index in [1.807, 2.05) is 0 Å². The van der Waals surface area contributed by atoms with Crippen LogP contribution in [0.25, 0.3) is 0 Å². The summed E-state index contributed by atoms with van der Waals surface area (Å²) >= 11 is 0. The summed E-state index contributed by atoms with van der Waals surface area (Å²) in [4.78, 5) is 27.0. The van der Waals surface area contributed by atoms with Gasteiger partial charge in [-0.25, -0.2) is 0 Å². The van der Waals surface area contributed by atoms with Gasteiger partial charge < -0.3 is 15.3 Å². The topological polar surface area (TPSA) is 112 Å². The van der Waals surface area contributed by atoms with E-state index in [2.05, 4.69) is 0 Å². The van der Waals surface area contributed by atoms with Gasteiger partial charge in [0.2, 0.25) is 0 Å². The van der Waals surface area contributed by atoms with Gasteiger partial charge in [0.15, 0.2) is 0 Å². The van der Waals surface area contributed by atoms with E-state index in [0.29, 0.717) is 0 Å². The molecule has 1 radical (unpaired) electrons. The maximum atomic E-state index is 9.00. The second kappa shape index (κ2) is 17.4. The molecule has 0 amide bonds. The van der Waals surface area contributed by atoms with Crippen molar-refractivity contribution >= 4 is 45.2 Å². The first-order valence-corrected chi connectivity index (χ1v) is 2.78. The Kier molecular flexibility index (Phi) is 30.6. The van der Waals surface area contributed by atoms with Gasteiger partial charge in [0.25, 0.3) is 17.9 Å². The zero-order chi connectivity index (χ0) is 10.7. The molecule has 13 heavy (non-hydrogen) atoms. The third kappa shape index (κ3) is 2210. The number of carboxylic acids is 3. The van der Waals surface area contributed by atoms with Gasteiger partial charge in [0.1, 0.15) is 0 Å². The normalized spacial score (nSPS) is 5.77. The van der Waals surface area contributed by atoms with Crippen LogP contribution in [0.15, 0.2) is 0 Å². The van der Waals surface area contributed by atoms with Crippen LogP contribution in [-0.2, 0) is 14.4 Å². The third-order valence-electron chi connectivity index (χ3n) is 0. The zero-order valence-corrected chi connectivity index (χ0v) is 12.1. The fraction of sp³-hybridized carbons (Fsp3) is 0.500. The smallest absolute Gasteiger partial charge is 0.300 e. The van der Waals surface area contributed by atoms with Crippen molar-refractivity contribution < 1.29 is 29.7 Å². The SMILES string of the molecule is CC(=O)O.CC(=O)O.CC(=O)O.[Tl]. The summed E-state index contributed by atoms with van der Waals surface area (Å²) in [6, 6.07) is 0. The Morgan fingerprint density at radius 2 is 0.692 bits per heavy atom. The van der Waals surface area contributed by atoms with Gasteiger partial charge in [-0.1, -0.05) is 0 Å². The number of carbonyl (C=O) groups is 3. The van der Waals surface area contributed by atoms with Crippen molar-refractivity contribution in [2.24, 2.45) is 0 Å². The number of hydrogen-bond donors (Lipinski definition) is 3. The number of rotatable bonds is 0. The van der Waals surface area contributed by atoms with E-state index >= 15 is 0 Å². The van der Waals surface area contributed by atoms with Crippen molar-refractivity contribution in [3.8, 4) is 0 Å². The molecule has 0 heterocycles. The fourth-order valence-corrected chi connectivity index (χ4v) is 0. The van der Waals surface area contributed by atoms with Gasteiger partial charge in [-0.2, -0.15) is 0 Å². The molecule has 0 aromatic carbocycles. The molecule has 0 aromatic heterocycles. The van der Waals surface area contributed by atoms with Gasteiger partial charge in [-0.05, 0) is 0 Å². The van der Waals surface area contributed by atoms with Crippen LogP contribution in [0.3, 0.4) is 0 Å². The van der Waals surface area contributed by atoms with E-state index in [-0.39, 0.29) is 27.3 Å². The van der Waals surface area contributed by atoms with Crippen LogP contribution in [0.5, 0.6) is 0 Å². The molecule has 0 bridgehead atoms. The molecular weight excluding hydrogens is 372 g/mol. The Morgan fingerprint density at radius 1 is 0.692 bits per heavy atom. The Hall–Kier alpha value is -0.668. The average Bonchev–Trinajstić information content (AvgIpc) is 1.54. The van der Waals surface area contributed by atoms with E-state index in [9.17, 15) is 0 Å². The molecule has 0 aliphatic heterocycles. The molecule has 0 rings (SSSR count). The molecule has 6 nitrogen and oxygen atoms in total. The van der Waals surface area contributed by atoms with Crippen LogP contribution in [0.4, 0.5) is 0 Å². The minimum absolute atomic E-state index is 0. The summed E-state index contributed by atoms with van der Waals surface area (Å²) in [6.45, 7) is 3.25. The second-order valence-corrected chi connectivity index (χ2v) is 1.56. The summed E-state index contributed by atoms with van der Waals surface area (Å²) in [5.41, 5.74) is 0. The van der Waals surface area contributed by atoms with Crippen LogP contribution in [0.2, 0.25) is 0 Å². The summed E-state index contributed by atoms with van der Waals surface area (Å²) < 4.78 is 0. The molecule has 3 N–H and O–H groups in total. The molecule has 75 valence electrons. The first-order valence-electron chi connectivity index (χ1n) is 2.78. The van der Waals surface area contributed by atoms with Gasteiger partial charge in [-0.3, -0.25) is 14.4 Å². The van der Waals surface area contributed by atoms with Crippen molar-refractivity contribution in [2.75, 3.05) is 0 Å². The Bertz CT molecular complexity index is 115. The number of hydrogen-bond acceptors (Lipinski definition) is 3. The van der Waals surface area contributed by atoms with Crippen LogP contribution in [0, 0.1) is 0 Å². The first kappa shape index (κ1) is 22.8. The molecule has 0 aliphatic rings. The zero-order valence-electron chi connectivity index (χ0n) is 7.64. The standard InChI is InChI=1S/3C2H4O2.Tl/c3*1-2(3)4;/h3*1H3,(H,3,4);. The molecular formula is C6H12O6Tl. The van der Waals surface area contributed by atoms with Gasteiger partial charge in [-0.15, -0.1) is 0 Å². The molecule has 0 unspecified atom stereocenters. The second-order valence-electron chi connectivity index (χ2n) is 1.56. The van der Waals surface area contributed by atoms with Gasteiger partial charge >= 0.3 is 0 Å². The first-order chi connectivity index (χ1) is 5.20. The Labute approximate surface area is 95.7 Å². The van der Waals surface area contributed by atoms with Crippen molar-refractivity contribution in [3.63, 3.8) is 0 Å². The van der Waals surface area contributed by atoms with Crippen molar-refractivity contribution in [1.82, 2.24) is 0 Å². The summed E-state index contributed by atoms with van der Waals surface area (Å²) in [5.74, 6) is -2.50. The minimum atomic E-state index is -0.833. The maximum absolute atomic E-state index is 9.00. The number of aliphatic carboxylic acids is 3. The van der Waals surface area contributed by atoms with E-state index in [4.69, 9.17) is 29.7 Å². The summed E-state index contributed by atoms with van der Waals surface area (Å²) in [5, 5.41) is 22.2. The van der Waals surface area contributed by atoms with E-state index in [1.165, 1.54) is 0 Å². The van der Waals surface area contributed by atoms with E-state index < -0.39 is 17.9 Å². The molecule has 0 saturated heterocycles. The predicted molar refractivity (Wildman–Crippen MR) is 45.7 cm³/mol. The molecule has 0 aromatic rings. The fourth-order valence-electron chi connectivity index (χ4n) is 0. The molecule has 0 aliphatic carbocycles. The summed E-state index contributed by atoms with van der Waals surface area (Å²) in [7, 11) is 0. The van der Waals surface area contributed by atoms with Gasteiger partial charge in [0, 0.05) is 48.1 Å². The Morgan fingerprint density at radius 3 is 0.692 bits per heavy atom. The molecule has 0 atom stereocenters. The van der Waals surface area contributed by atoms with Gasteiger partial charge in [0.05, 0.1) is 0 Å². The van der Waals surface area contributed by atoms with Crippen molar-refractivity contribution in [3.05, 3.63) is 0 Å². The largest absolute Gasteiger partial charge is 0.481 e. The molecule has 0 fully saturated rings. The number of carboxylic acid groups (broad SMARTS) is 3. The molecule has 7 heteroatoms. The van der Waals surface area contributed by atoms with Crippen molar-refractivity contribution in [2.45, 2.75) is 20.8 Å². The predicted octanol–water partition coefficient (Wildman–Crippen LogP) is -0.108. The van der Waals surface area contributed by atoms with Crippen LogP contribution >= 0.6 is 0 Å². The quantitative estimate of drug-likeness (QED) is 0.503. The van der Waals surface area contributed by atoms with Crippen LogP contribution < -0.4 is 0 Å². The van der Waals surface area contributed by atoms with Crippen LogP contribution in [-0.4, -0.2) is 60.5 Å². The minimum Gasteiger partial charge on any atom is -0.481 e.